The number of carboxylic acids is 2. The Labute approximate surface area is 504 Å². The van der Waals surface area contributed by atoms with Crippen molar-refractivity contribution < 1.29 is 68.1 Å². The number of thioether (sulfide) groups is 1. The van der Waals surface area contributed by atoms with Gasteiger partial charge in [-0.15, -0.1) is 0 Å². The number of hydrogen-bond acceptors (Lipinski definition) is 16. The fourth-order valence-electron chi connectivity index (χ4n) is 9.92. The van der Waals surface area contributed by atoms with Crippen LogP contribution in [0.4, 0.5) is 0 Å². The van der Waals surface area contributed by atoms with E-state index in [0.717, 1.165) is 4.90 Å². The third-order valence-corrected chi connectivity index (χ3v) is 15.4. The van der Waals surface area contributed by atoms with Crippen molar-refractivity contribution in [3.05, 3.63) is 90.3 Å². The van der Waals surface area contributed by atoms with E-state index in [2.05, 4.69) is 62.5 Å². The Morgan fingerprint density at radius 1 is 0.678 bits per heavy atom. The van der Waals surface area contributed by atoms with Crippen LogP contribution < -0.4 is 54.0 Å². The van der Waals surface area contributed by atoms with E-state index in [1.165, 1.54) is 31.2 Å². The van der Waals surface area contributed by atoms with Gasteiger partial charge in [0.05, 0.1) is 25.5 Å². The molecule has 9 amide bonds. The Morgan fingerprint density at radius 2 is 1.23 bits per heavy atom. The van der Waals surface area contributed by atoms with E-state index in [1.807, 2.05) is 6.26 Å². The molecule has 18 N–H and O–H groups in total. The fraction of sp³-hybridized carbons (Fsp3) is 0.474. The Kier molecular flexibility index (Phi) is 25.6. The summed E-state index contributed by atoms with van der Waals surface area (Å²) in [5, 5.41) is 51.4. The molecule has 87 heavy (non-hydrogen) atoms. The average molecular weight is 1230 g/mol. The maximum Gasteiger partial charge on any atom is 0.325 e. The first-order valence-corrected chi connectivity index (χ1v) is 29.9. The predicted octanol–water partition coefficient (Wildman–Crippen LogP) is -1.93. The first-order chi connectivity index (χ1) is 41.7. The summed E-state index contributed by atoms with van der Waals surface area (Å²) >= 11 is 1.50. The van der Waals surface area contributed by atoms with Crippen LogP contribution in [0.15, 0.2) is 73.4 Å². The van der Waals surface area contributed by atoms with Crippen molar-refractivity contribution in [2.45, 2.75) is 132 Å². The number of aliphatic hydroxyl groups excluding tert-OH is 1. The van der Waals surface area contributed by atoms with Crippen molar-refractivity contribution in [1.82, 2.24) is 67.4 Å². The molecule has 1 saturated heterocycles. The van der Waals surface area contributed by atoms with Crippen LogP contribution in [0.2, 0.25) is 0 Å². The first kappa shape index (κ1) is 67.3. The summed E-state index contributed by atoms with van der Waals surface area (Å²) in [6.45, 7) is -0.193. The number of fused-ring (bicyclic) bond motifs is 2. The SMILES string of the molecule is CSCC[C@H](N)C(=O)N[C@@H](CCCCN)C(=O)N[C@@H](Cc1cnc[nH]1)C(=O)N[C@@H](Cc1c[nH]c2ccccc12)C(=O)NCC(=O)N[C@@H](CCC(=O)O)C(=O)N[C@@H](Cc1c[nH]c2ccccc12)C(=O)N[C@@H](CO)C(=O)N1CCC[C@H]1C(=O)N[C@@H](C)C(=O)O. The predicted molar refractivity (Wildman–Crippen MR) is 319 cm³/mol. The molecule has 4 heterocycles. The molecule has 0 radical (unpaired) electrons. The number of rotatable bonds is 35. The molecule has 0 saturated carbocycles. The number of nitrogens with two attached hydrogens (primary N) is 2. The number of nitrogens with zero attached hydrogens (tertiary/aromatic N) is 2. The Balaban J connectivity index is 1.21. The molecular formula is C57H77N15O14S. The lowest BCUT2D eigenvalue weighted by atomic mass is 10.0. The molecule has 2 aromatic carbocycles. The van der Waals surface area contributed by atoms with Gasteiger partial charge in [0.15, 0.2) is 0 Å². The minimum absolute atomic E-state index is 0.0349. The number of imidazole rings is 1. The van der Waals surface area contributed by atoms with Gasteiger partial charge >= 0.3 is 11.9 Å². The number of carboxylic acid groups (broad SMARTS) is 2. The number of nitrogens with one attached hydrogen (secondary N) is 11. The molecule has 0 bridgehead atoms. The van der Waals surface area contributed by atoms with Gasteiger partial charge in [-0.25, -0.2) is 4.98 Å². The van der Waals surface area contributed by atoms with Crippen LogP contribution in [0.1, 0.15) is 75.1 Å². The smallest absolute Gasteiger partial charge is 0.325 e. The molecule has 470 valence electrons. The monoisotopic (exact) mass is 1230 g/mol. The standard InChI is InChI=1S/C57H77N15O14S/c1-31(57(85)86)65-55(83)46-15-9-20-72(46)56(84)45(29-73)71-53(81)43(23-33-26-62-39-13-6-4-11-36(33)39)69-52(80)41(16-17-48(75)76)66-47(74)28-63-50(78)42(22-32-25-61-38-12-5-3-10-35(32)38)68-54(82)44(24-34-27-60-30-64-34)70-51(79)40(14-7-8-19-58)67-49(77)37(59)18-21-87-2/h3-6,10-13,25-27,30-31,37,40-46,61-62,73H,7-9,14-24,28-29,58-59H2,1-2H3,(H,60,64)(H,63,78)(H,65,83)(H,66,74)(H,67,77)(H,68,82)(H,69,80)(H,70,79)(H,71,81)(H,75,76)(H,85,86)/t31-,37-,40-,41-,42-,43-,44-,45-,46-/m0/s1. The first-order valence-electron chi connectivity index (χ1n) is 28.5. The van der Waals surface area contributed by atoms with Crippen LogP contribution in [-0.4, -0.2) is 198 Å². The fourth-order valence-corrected chi connectivity index (χ4v) is 10.4. The quantitative estimate of drug-likeness (QED) is 0.0197. The average Bonchev–Trinajstić information content (AvgIpc) is 2.89. The van der Waals surface area contributed by atoms with Gasteiger partial charge in [0.1, 0.15) is 48.3 Å². The highest BCUT2D eigenvalue weighted by Crippen LogP contribution is 2.23. The van der Waals surface area contributed by atoms with Gasteiger partial charge in [-0.05, 0) is 93.7 Å². The van der Waals surface area contributed by atoms with Gasteiger partial charge in [-0.1, -0.05) is 36.4 Å². The maximum atomic E-state index is 14.5. The second kappa shape index (κ2) is 33.1. The molecule has 5 aromatic rings. The van der Waals surface area contributed by atoms with Crippen LogP contribution in [-0.2, 0) is 72.0 Å². The normalized spacial score (nSPS) is 15.8. The number of hydrogen-bond donors (Lipinski definition) is 16. The van der Waals surface area contributed by atoms with E-state index in [4.69, 9.17) is 11.5 Å². The zero-order chi connectivity index (χ0) is 63.2. The third-order valence-electron chi connectivity index (χ3n) is 14.7. The van der Waals surface area contributed by atoms with Gasteiger partial charge < -0.3 is 89.2 Å². The van der Waals surface area contributed by atoms with E-state index >= 15 is 0 Å². The molecule has 6 rings (SSSR count). The Bertz CT molecular complexity index is 3210. The van der Waals surface area contributed by atoms with Gasteiger partial charge in [-0.3, -0.25) is 52.7 Å². The van der Waals surface area contributed by atoms with Crippen LogP contribution in [0.25, 0.3) is 21.8 Å². The van der Waals surface area contributed by atoms with Crippen molar-refractivity contribution in [1.29, 1.82) is 0 Å². The third kappa shape index (κ3) is 19.6. The molecule has 0 aliphatic carbocycles. The molecular weight excluding hydrogens is 1150 g/mol. The minimum Gasteiger partial charge on any atom is -0.481 e. The Morgan fingerprint density at radius 3 is 1.78 bits per heavy atom. The molecule has 3 aromatic heterocycles. The summed E-state index contributed by atoms with van der Waals surface area (Å²) < 4.78 is 0. The number of carbonyl (C=O) groups is 11. The number of unbranched alkanes of at least 4 members (excludes halogenated alkanes) is 1. The van der Waals surface area contributed by atoms with Gasteiger partial charge in [-0.2, -0.15) is 11.8 Å². The number of H-pyrrole nitrogens is 3. The zero-order valence-electron chi connectivity index (χ0n) is 48.2. The second-order valence-corrected chi connectivity index (χ2v) is 22.1. The minimum atomic E-state index is -1.67. The number of carbonyl (C=O) groups excluding carboxylic acids is 9. The van der Waals surface area contributed by atoms with Gasteiger partial charge in [0.2, 0.25) is 53.2 Å². The summed E-state index contributed by atoms with van der Waals surface area (Å²) in [5.41, 5.74) is 14.8. The van der Waals surface area contributed by atoms with Crippen molar-refractivity contribution in [2.75, 3.05) is 38.2 Å². The second-order valence-electron chi connectivity index (χ2n) is 21.1. The van der Waals surface area contributed by atoms with E-state index in [1.54, 1.807) is 60.9 Å². The molecule has 29 nitrogen and oxygen atoms in total. The van der Waals surface area contributed by atoms with Gasteiger partial charge in [0.25, 0.3) is 0 Å². The van der Waals surface area contributed by atoms with E-state index in [-0.39, 0.29) is 38.6 Å². The summed E-state index contributed by atoms with van der Waals surface area (Å²) in [4.78, 5) is 164. The number of para-hydroxylation sites is 2. The molecule has 0 spiro atoms. The molecule has 30 heteroatoms. The van der Waals surface area contributed by atoms with E-state index in [0.29, 0.717) is 76.6 Å². The van der Waals surface area contributed by atoms with Crippen molar-refractivity contribution in [3.8, 4) is 0 Å². The molecule has 9 atom stereocenters. The topological polar surface area (TPSA) is 460 Å². The number of aliphatic carboxylic acids is 2. The van der Waals surface area contributed by atoms with Gasteiger partial charge in [0, 0.05) is 78.3 Å². The number of aliphatic hydroxyl groups is 1. The lowest BCUT2D eigenvalue weighted by Gasteiger charge is -2.29. The number of aromatic amines is 3. The van der Waals surface area contributed by atoms with E-state index in [9.17, 15) is 68.1 Å². The summed E-state index contributed by atoms with van der Waals surface area (Å²) in [6.07, 6.45) is 8.14. The van der Waals surface area contributed by atoms with Crippen LogP contribution >= 0.6 is 11.8 Å². The molecule has 1 aliphatic rings. The maximum absolute atomic E-state index is 14.5. The zero-order valence-corrected chi connectivity index (χ0v) is 49.0. The summed E-state index contributed by atoms with van der Waals surface area (Å²) in [6, 6.07) is 2.00. The lowest BCUT2D eigenvalue weighted by Crippen LogP contribution is -2.60. The van der Waals surface area contributed by atoms with Crippen LogP contribution in [0.3, 0.4) is 0 Å². The highest BCUT2D eigenvalue weighted by molar-refractivity contribution is 7.98. The summed E-state index contributed by atoms with van der Waals surface area (Å²) in [7, 11) is 0. The Hall–Kier alpha value is -8.87. The van der Waals surface area contributed by atoms with Crippen LogP contribution in [0, 0.1) is 0 Å². The molecule has 1 fully saturated rings. The largest absolute Gasteiger partial charge is 0.481 e. The number of benzene rings is 2. The summed E-state index contributed by atoms with van der Waals surface area (Å²) in [5.74, 6) is -9.77. The lowest BCUT2D eigenvalue weighted by molar-refractivity contribution is -0.145. The van der Waals surface area contributed by atoms with Crippen molar-refractivity contribution in [2.24, 2.45) is 11.5 Å². The molecule has 0 unspecified atom stereocenters. The van der Waals surface area contributed by atoms with Crippen molar-refractivity contribution in [3.63, 3.8) is 0 Å². The van der Waals surface area contributed by atoms with E-state index < -0.39 is 145 Å². The number of likely N-dealkylation sites (tertiary alicyclic amines) is 1. The highest BCUT2D eigenvalue weighted by atomic mass is 32.2. The number of amides is 9. The number of aromatic nitrogens is 4. The van der Waals surface area contributed by atoms with Crippen molar-refractivity contribution >= 4 is 98.7 Å². The molecule has 1 aliphatic heterocycles. The van der Waals surface area contributed by atoms with Crippen LogP contribution in [0.5, 0.6) is 0 Å². The highest BCUT2D eigenvalue weighted by Gasteiger charge is 2.40.